The van der Waals surface area contributed by atoms with E-state index in [9.17, 15) is 10.5 Å². The number of aromatic nitrogens is 4. The van der Waals surface area contributed by atoms with Gasteiger partial charge in [-0.3, -0.25) is 0 Å². The van der Waals surface area contributed by atoms with Crippen LogP contribution in [0.2, 0.25) is 0 Å². The SMILES string of the molecule is N#CC1=Cc2nc1c(-c1ccccc1)c1ccc([nH]1)c(-c1ccccc1)c1nc(c(-c3ccccc3)c3ccc([nH]3)c2-c2ccccc2)C=C1C#N. The highest BCUT2D eigenvalue weighted by atomic mass is 14.8. The van der Waals surface area contributed by atoms with Crippen molar-refractivity contribution in [2.45, 2.75) is 0 Å². The topological polar surface area (TPSA) is 105 Å². The van der Waals surface area contributed by atoms with Crippen LogP contribution in [0.3, 0.4) is 0 Å². The van der Waals surface area contributed by atoms with Gasteiger partial charge in [0.1, 0.15) is 12.1 Å². The van der Waals surface area contributed by atoms with Crippen LogP contribution in [0.1, 0.15) is 22.8 Å². The first-order chi connectivity index (χ1) is 25.7. The highest BCUT2D eigenvalue weighted by Crippen LogP contribution is 2.41. The zero-order valence-corrected chi connectivity index (χ0v) is 27.8. The Bertz CT molecular complexity index is 2640. The van der Waals surface area contributed by atoms with Gasteiger partial charge < -0.3 is 9.97 Å². The Kier molecular flexibility index (Phi) is 7.47. The van der Waals surface area contributed by atoms with Crippen LogP contribution in [0.4, 0.5) is 0 Å². The number of hydrogen-bond acceptors (Lipinski definition) is 4. The lowest BCUT2D eigenvalue weighted by atomic mass is 10.00. The summed E-state index contributed by atoms with van der Waals surface area (Å²) in [7, 11) is 0. The van der Waals surface area contributed by atoms with E-state index in [0.29, 0.717) is 33.9 Å². The molecular weight excluding hydrogens is 637 g/mol. The molecule has 2 N–H and O–H groups in total. The first-order valence-corrected chi connectivity index (χ1v) is 17.0. The molecule has 0 saturated carbocycles. The Morgan fingerprint density at radius 1 is 0.365 bits per heavy atom. The van der Waals surface area contributed by atoms with Gasteiger partial charge in [-0.25, -0.2) is 9.97 Å². The number of benzene rings is 4. The number of nitriles is 2. The number of aromatic amines is 2. The molecule has 6 nitrogen and oxygen atoms in total. The summed E-state index contributed by atoms with van der Waals surface area (Å²) in [6, 6.07) is 53.3. The van der Waals surface area contributed by atoms with Crippen molar-refractivity contribution in [3.8, 4) is 56.6 Å². The van der Waals surface area contributed by atoms with Crippen LogP contribution in [-0.4, -0.2) is 19.9 Å². The molecule has 8 bridgehead atoms. The predicted molar refractivity (Wildman–Crippen MR) is 210 cm³/mol. The summed E-state index contributed by atoms with van der Waals surface area (Å²) >= 11 is 0. The molecule has 0 atom stereocenters. The summed E-state index contributed by atoms with van der Waals surface area (Å²) < 4.78 is 0. The fourth-order valence-electron chi connectivity index (χ4n) is 7.16. The number of fused-ring (bicyclic) bond motifs is 8. The fourth-order valence-corrected chi connectivity index (χ4v) is 7.16. The van der Waals surface area contributed by atoms with Gasteiger partial charge in [-0.05, 0) is 58.7 Å². The first kappa shape index (κ1) is 30.5. The van der Waals surface area contributed by atoms with E-state index in [-0.39, 0.29) is 0 Å². The molecule has 2 aliphatic heterocycles. The van der Waals surface area contributed by atoms with Gasteiger partial charge in [-0.1, -0.05) is 121 Å². The average Bonchev–Trinajstić information content (AvgIpc) is 4.03. The van der Waals surface area contributed by atoms with Crippen LogP contribution in [0.15, 0.2) is 146 Å². The van der Waals surface area contributed by atoms with E-state index in [0.717, 1.165) is 66.6 Å². The Hall–Kier alpha value is -7.54. The molecule has 0 radical (unpaired) electrons. The highest BCUT2D eigenvalue weighted by molar-refractivity contribution is 6.06. The van der Waals surface area contributed by atoms with Gasteiger partial charge in [0.25, 0.3) is 0 Å². The molecule has 0 unspecified atom stereocenters. The Morgan fingerprint density at radius 2 is 0.654 bits per heavy atom. The second-order valence-electron chi connectivity index (χ2n) is 12.6. The summed E-state index contributed by atoms with van der Waals surface area (Å²) in [5, 5.41) is 21.2. The zero-order valence-electron chi connectivity index (χ0n) is 27.8. The van der Waals surface area contributed by atoms with Gasteiger partial charge in [-0.2, -0.15) is 10.5 Å². The number of hydrogen-bond donors (Lipinski definition) is 2. The first-order valence-electron chi connectivity index (χ1n) is 17.0. The third-order valence-electron chi connectivity index (χ3n) is 9.46. The molecule has 5 heterocycles. The van der Waals surface area contributed by atoms with Gasteiger partial charge >= 0.3 is 0 Å². The molecule has 0 fully saturated rings. The van der Waals surface area contributed by atoms with Gasteiger partial charge in [0.15, 0.2) is 0 Å². The van der Waals surface area contributed by atoms with E-state index in [4.69, 9.17) is 9.97 Å². The highest BCUT2D eigenvalue weighted by Gasteiger charge is 2.24. The number of allylic oxidation sites excluding steroid dienone is 2. The van der Waals surface area contributed by atoms with Crippen molar-refractivity contribution in [3.05, 3.63) is 168 Å². The lowest BCUT2D eigenvalue weighted by Crippen LogP contribution is -1.91. The maximum atomic E-state index is 10.6. The van der Waals surface area contributed by atoms with Gasteiger partial charge in [0.05, 0.1) is 33.9 Å². The Morgan fingerprint density at radius 3 is 0.962 bits per heavy atom. The van der Waals surface area contributed by atoms with Crippen LogP contribution < -0.4 is 0 Å². The van der Waals surface area contributed by atoms with Crippen LogP contribution in [-0.2, 0) is 0 Å². The average molecular weight is 665 g/mol. The van der Waals surface area contributed by atoms with E-state index in [2.05, 4.69) is 46.4 Å². The lowest BCUT2D eigenvalue weighted by molar-refractivity contribution is 1.30. The van der Waals surface area contributed by atoms with E-state index in [1.165, 1.54) is 0 Å². The third kappa shape index (κ3) is 5.20. The van der Waals surface area contributed by atoms with Gasteiger partial charge in [0.2, 0.25) is 0 Å². The number of nitrogens with zero attached hydrogens (tertiary/aromatic N) is 4. The molecule has 3 aromatic heterocycles. The Balaban J connectivity index is 1.54. The van der Waals surface area contributed by atoms with Crippen LogP contribution in [0, 0.1) is 22.7 Å². The minimum atomic E-state index is 0.465. The van der Waals surface area contributed by atoms with E-state index in [1.54, 1.807) is 0 Å². The molecule has 9 rings (SSSR count). The summed E-state index contributed by atoms with van der Waals surface area (Å²) in [4.78, 5) is 18.0. The maximum absolute atomic E-state index is 10.6. The van der Waals surface area contributed by atoms with Crippen molar-refractivity contribution < 1.29 is 0 Å². The van der Waals surface area contributed by atoms with E-state index < -0.39 is 0 Å². The molecule has 6 heteroatoms. The van der Waals surface area contributed by atoms with Crippen molar-refractivity contribution >= 4 is 45.4 Å². The summed E-state index contributed by atoms with van der Waals surface area (Å²) in [6.45, 7) is 0. The third-order valence-corrected chi connectivity index (χ3v) is 9.46. The predicted octanol–water partition coefficient (Wildman–Crippen LogP) is 11.1. The number of rotatable bonds is 4. The smallest absolute Gasteiger partial charge is 0.102 e. The van der Waals surface area contributed by atoms with Crippen LogP contribution in [0.25, 0.3) is 89.9 Å². The maximum Gasteiger partial charge on any atom is 0.102 e. The molecule has 242 valence electrons. The fraction of sp³-hybridized carbons (Fsp3) is 0. The zero-order chi connectivity index (χ0) is 35.0. The van der Waals surface area contributed by atoms with Crippen molar-refractivity contribution in [1.82, 2.24) is 19.9 Å². The molecule has 7 aromatic rings. The van der Waals surface area contributed by atoms with Gasteiger partial charge in [0, 0.05) is 44.3 Å². The van der Waals surface area contributed by atoms with Crippen LogP contribution >= 0.6 is 0 Å². The molecule has 2 aliphatic rings. The monoisotopic (exact) mass is 664 g/mol. The second kappa shape index (κ2) is 12.7. The number of H-pyrrole nitrogens is 2. The largest absolute Gasteiger partial charge is 0.354 e. The lowest BCUT2D eigenvalue weighted by Gasteiger charge is -2.07. The normalized spacial score (nSPS) is 12.0. The minimum absolute atomic E-state index is 0.465. The standard InChI is InChI=1S/C46H28N6/c47-27-33-25-39-41(29-13-5-1-6-14-29)35-21-22-36(49-35)42(30-15-7-2-8-16-30)40-26-34(28-48)46(52-40)44(32-19-11-4-12-20-32)38-24-23-37(50-38)43(45(33)51-39)31-17-9-3-10-18-31/h1-26,49-50H. The van der Waals surface area contributed by atoms with Gasteiger partial charge in [-0.15, -0.1) is 0 Å². The molecule has 52 heavy (non-hydrogen) atoms. The molecule has 0 spiro atoms. The molecule has 0 amide bonds. The second-order valence-corrected chi connectivity index (χ2v) is 12.6. The van der Waals surface area contributed by atoms with E-state index >= 15 is 0 Å². The molecular formula is C46H28N6. The molecule has 0 saturated heterocycles. The quantitative estimate of drug-likeness (QED) is 0.195. The molecule has 0 aliphatic carbocycles. The summed E-state index contributed by atoms with van der Waals surface area (Å²) in [5.41, 5.74) is 13.7. The van der Waals surface area contributed by atoms with Crippen molar-refractivity contribution in [1.29, 1.82) is 10.5 Å². The van der Waals surface area contributed by atoms with Crippen molar-refractivity contribution in [2.24, 2.45) is 0 Å². The van der Waals surface area contributed by atoms with Crippen LogP contribution in [0.5, 0.6) is 0 Å². The van der Waals surface area contributed by atoms with Crippen molar-refractivity contribution in [3.63, 3.8) is 0 Å². The number of nitrogens with one attached hydrogen (secondary N) is 2. The van der Waals surface area contributed by atoms with Crippen molar-refractivity contribution in [2.75, 3.05) is 0 Å². The minimum Gasteiger partial charge on any atom is -0.354 e. The Labute approximate surface area is 300 Å². The molecule has 4 aromatic carbocycles. The van der Waals surface area contributed by atoms with E-state index in [1.807, 2.05) is 133 Å². The summed E-state index contributed by atoms with van der Waals surface area (Å²) in [6.07, 6.45) is 3.77. The summed E-state index contributed by atoms with van der Waals surface area (Å²) in [5.74, 6) is 0.